The van der Waals surface area contributed by atoms with Crippen molar-refractivity contribution >= 4 is 56.5 Å². The van der Waals surface area contributed by atoms with Gasteiger partial charge in [0.1, 0.15) is 11.2 Å². The second kappa shape index (κ2) is 12.6. The molecule has 0 amide bonds. The Labute approximate surface area is 233 Å². The van der Waals surface area contributed by atoms with E-state index in [9.17, 15) is 0 Å². The molecule has 4 aromatic carbocycles. The van der Waals surface area contributed by atoms with Crippen molar-refractivity contribution in [2.24, 2.45) is 0 Å². The fraction of sp³-hybridized carbons (Fsp3) is 0. The molecule has 7 heteroatoms. The van der Waals surface area contributed by atoms with Gasteiger partial charge in [0.05, 0.1) is 12.1 Å². The molecule has 0 spiro atoms. The van der Waals surface area contributed by atoms with Crippen LogP contribution in [-0.2, 0) is 16.5 Å². The van der Waals surface area contributed by atoms with Crippen molar-refractivity contribution in [2.75, 3.05) is 0 Å². The molecule has 0 bridgehead atoms. The molecule has 2 N–H and O–H groups in total. The van der Waals surface area contributed by atoms with Crippen LogP contribution in [0, 0.1) is 0 Å². The van der Waals surface area contributed by atoms with Gasteiger partial charge in [0.15, 0.2) is 0 Å². The summed E-state index contributed by atoms with van der Waals surface area (Å²) >= 11 is 11.7. The first kappa shape index (κ1) is 26.4. The minimum absolute atomic E-state index is 0. The molecule has 2 heterocycles. The number of para-hydroxylation sites is 2. The molecule has 0 radical (unpaired) electrons. The summed E-state index contributed by atoms with van der Waals surface area (Å²) < 4.78 is 11.5. The standard InChI is InChI=1S/2C15H10ClNO.Ni/c2*16-12-6-8-13(9-7-12)17-15-10-5-11-3-1-2-4-14(11)18-15;/h2*1-10H;/p+2. The largest absolute Gasteiger partial charge is 0.405 e. The van der Waals surface area contributed by atoms with Crippen molar-refractivity contribution in [3.8, 4) is 0 Å². The molecule has 4 nitrogen and oxygen atoms in total. The van der Waals surface area contributed by atoms with Crippen molar-refractivity contribution in [1.82, 2.24) is 0 Å². The van der Waals surface area contributed by atoms with Gasteiger partial charge in [-0.3, -0.25) is 0 Å². The Morgan fingerprint density at radius 1 is 0.432 bits per heavy atom. The van der Waals surface area contributed by atoms with Gasteiger partial charge in [0, 0.05) is 61.6 Å². The van der Waals surface area contributed by atoms with Crippen LogP contribution in [0.1, 0.15) is 0 Å². The Kier molecular flexibility index (Phi) is 8.97. The molecule has 0 saturated heterocycles. The van der Waals surface area contributed by atoms with Crippen LogP contribution in [0.5, 0.6) is 0 Å². The van der Waals surface area contributed by atoms with Crippen LogP contribution in [0.15, 0.2) is 130 Å². The van der Waals surface area contributed by atoms with Gasteiger partial charge in [-0.25, -0.2) is 0 Å². The third-order valence-electron chi connectivity index (χ3n) is 5.33. The van der Waals surface area contributed by atoms with Crippen LogP contribution >= 0.6 is 23.2 Å². The summed E-state index contributed by atoms with van der Waals surface area (Å²) in [4.78, 5) is 6.40. The van der Waals surface area contributed by atoms with Crippen LogP contribution in [-0.4, -0.2) is 0 Å². The van der Waals surface area contributed by atoms with E-state index < -0.39 is 0 Å². The molecule has 186 valence electrons. The van der Waals surface area contributed by atoms with Gasteiger partial charge in [0.25, 0.3) is 0 Å². The Hall–Kier alpha value is -3.63. The molecule has 0 atom stereocenters. The number of rotatable bonds is 2. The van der Waals surface area contributed by atoms with Crippen LogP contribution in [0.2, 0.25) is 10.0 Å². The van der Waals surface area contributed by atoms with E-state index in [1.807, 2.05) is 121 Å². The van der Waals surface area contributed by atoms with Crippen LogP contribution in [0.3, 0.4) is 0 Å². The molecule has 2 aromatic heterocycles. The zero-order valence-electron chi connectivity index (χ0n) is 19.4. The molecule has 0 unspecified atom stereocenters. The zero-order chi connectivity index (χ0) is 24.7. The SMILES string of the molecule is Clc1ccc([NH+]=c2ccc3ccccc3o2)cc1.Clc1ccc([NH+]=c2ccc3ccccc3o2)cc1.[Ni]. The minimum Gasteiger partial charge on any atom is -0.405 e. The van der Waals surface area contributed by atoms with Crippen molar-refractivity contribution in [2.45, 2.75) is 0 Å². The first-order chi connectivity index (χ1) is 17.6. The number of hydrogen-bond donors (Lipinski definition) is 2. The average molecular weight is 572 g/mol. The number of benzene rings is 4. The molecule has 0 aliphatic carbocycles. The second-order valence-corrected chi connectivity index (χ2v) is 8.81. The van der Waals surface area contributed by atoms with Gasteiger partial charge in [0.2, 0.25) is 11.4 Å². The summed E-state index contributed by atoms with van der Waals surface area (Å²) in [5.74, 6) is 0. The maximum atomic E-state index is 5.84. The normalized spacial score (nSPS) is 11.6. The predicted molar refractivity (Wildman–Crippen MR) is 143 cm³/mol. The van der Waals surface area contributed by atoms with Crippen molar-refractivity contribution in [3.63, 3.8) is 0 Å². The molecule has 0 aliphatic heterocycles. The van der Waals surface area contributed by atoms with Crippen LogP contribution < -0.4 is 21.1 Å². The maximum Gasteiger partial charge on any atom is 0.372 e. The maximum absolute atomic E-state index is 5.84. The molecule has 6 rings (SSSR count). The third kappa shape index (κ3) is 7.21. The molecule has 0 fully saturated rings. The van der Waals surface area contributed by atoms with Crippen LogP contribution in [0.4, 0.5) is 11.4 Å². The summed E-state index contributed by atoms with van der Waals surface area (Å²) in [5.41, 5.74) is 5.01. The number of hydrogen-bond acceptors (Lipinski definition) is 2. The van der Waals surface area contributed by atoms with E-state index in [1.54, 1.807) is 0 Å². The number of halogens is 2. The molecule has 0 saturated carbocycles. The van der Waals surface area contributed by atoms with Gasteiger partial charge < -0.3 is 8.83 Å². The molecular formula is C30H22Cl2N2NiO2+2. The average Bonchev–Trinajstić information content (AvgIpc) is 2.92. The first-order valence-electron chi connectivity index (χ1n) is 11.3. The Bertz CT molecular complexity index is 1630. The van der Waals surface area contributed by atoms with Crippen LogP contribution in [0.25, 0.3) is 21.9 Å². The van der Waals surface area contributed by atoms with Crippen molar-refractivity contribution < 1.29 is 35.3 Å². The first-order valence-corrected chi connectivity index (χ1v) is 12.1. The van der Waals surface area contributed by atoms with Gasteiger partial charge in [-0.2, -0.15) is 9.98 Å². The van der Waals surface area contributed by atoms with Gasteiger partial charge in [-0.15, -0.1) is 0 Å². The quantitative estimate of drug-likeness (QED) is 0.294. The Morgan fingerprint density at radius 3 is 1.22 bits per heavy atom. The summed E-state index contributed by atoms with van der Waals surface area (Å²) in [5, 5.41) is 3.60. The molecule has 37 heavy (non-hydrogen) atoms. The molecular weight excluding hydrogens is 550 g/mol. The van der Waals surface area contributed by atoms with E-state index >= 15 is 0 Å². The van der Waals surface area contributed by atoms with Crippen molar-refractivity contribution in [3.05, 3.63) is 142 Å². The zero-order valence-corrected chi connectivity index (χ0v) is 21.9. The number of fused-ring (bicyclic) bond motifs is 2. The van der Waals surface area contributed by atoms with E-state index in [0.717, 1.165) is 43.4 Å². The van der Waals surface area contributed by atoms with Gasteiger partial charge in [-0.05, 0) is 48.5 Å². The fourth-order valence-electron chi connectivity index (χ4n) is 3.54. The van der Waals surface area contributed by atoms with Crippen molar-refractivity contribution in [1.29, 1.82) is 0 Å². The van der Waals surface area contributed by atoms with E-state index in [2.05, 4.69) is 9.98 Å². The monoisotopic (exact) mass is 570 g/mol. The molecule has 6 aromatic rings. The van der Waals surface area contributed by atoms with Gasteiger partial charge >= 0.3 is 11.1 Å². The minimum atomic E-state index is 0. The predicted octanol–water partition coefficient (Wildman–Crippen LogP) is 4.80. The molecule has 0 aliphatic rings. The summed E-state index contributed by atoms with van der Waals surface area (Å²) in [6.07, 6.45) is 0. The summed E-state index contributed by atoms with van der Waals surface area (Å²) in [6.45, 7) is 0. The Morgan fingerprint density at radius 2 is 0.811 bits per heavy atom. The third-order valence-corrected chi connectivity index (χ3v) is 5.83. The fourth-order valence-corrected chi connectivity index (χ4v) is 3.80. The number of nitrogens with one attached hydrogen (secondary N) is 2. The van der Waals surface area contributed by atoms with E-state index in [-0.39, 0.29) is 16.5 Å². The van der Waals surface area contributed by atoms with E-state index in [1.165, 1.54) is 0 Å². The Balaban J connectivity index is 0.000000168. The summed E-state index contributed by atoms with van der Waals surface area (Å²) in [7, 11) is 0. The van der Waals surface area contributed by atoms with E-state index in [0.29, 0.717) is 11.1 Å². The van der Waals surface area contributed by atoms with Gasteiger partial charge in [-0.1, -0.05) is 59.6 Å². The summed E-state index contributed by atoms with van der Waals surface area (Å²) in [6, 6.07) is 38.7. The second-order valence-electron chi connectivity index (χ2n) is 7.94. The topological polar surface area (TPSA) is 54.2 Å². The van der Waals surface area contributed by atoms with E-state index in [4.69, 9.17) is 32.0 Å². The smallest absolute Gasteiger partial charge is 0.372 e.